The Morgan fingerprint density at radius 2 is 0.926 bits per heavy atom. The van der Waals surface area contributed by atoms with E-state index in [1.54, 1.807) is 6.08 Å². The number of allylic oxidation sites excluding steroid dienone is 5. The number of rotatable bonds is 46. The lowest BCUT2D eigenvalue weighted by Gasteiger charge is -2.41. The molecule has 8 unspecified atom stereocenters. The lowest BCUT2D eigenvalue weighted by atomic mass is 9.85. The number of hydrogen-bond acceptors (Lipinski definition) is 11. The van der Waals surface area contributed by atoms with Crippen molar-refractivity contribution in [2.24, 2.45) is 0 Å². The third-order valence-electron chi connectivity index (χ3n) is 13.2. The van der Waals surface area contributed by atoms with Crippen molar-refractivity contribution < 1.29 is 59.0 Å². The molecule has 0 aromatic heterocycles. The van der Waals surface area contributed by atoms with Gasteiger partial charge in [-0.25, -0.2) is 4.57 Å². The van der Waals surface area contributed by atoms with Gasteiger partial charge in [0.1, 0.15) is 36.6 Å². The van der Waals surface area contributed by atoms with E-state index in [1.807, 2.05) is 6.92 Å². The number of carbonyl (C=O) groups is 1. The van der Waals surface area contributed by atoms with Crippen LogP contribution in [0.3, 0.4) is 0 Å². The number of amides is 1. The first-order chi connectivity index (χ1) is 32.8. The third kappa shape index (κ3) is 34.0. The molecule has 0 aromatic carbocycles. The van der Waals surface area contributed by atoms with Crippen LogP contribution in [-0.2, 0) is 18.4 Å². The maximum atomic E-state index is 12.8. The smallest absolute Gasteiger partial charge is 0.393 e. The van der Waals surface area contributed by atoms with Crippen LogP contribution in [0.5, 0.6) is 0 Å². The first kappa shape index (κ1) is 64.5. The Kier molecular flexibility index (Phi) is 40.9. The zero-order valence-corrected chi connectivity index (χ0v) is 43.7. The molecule has 8 atom stereocenters. The number of aliphatic hydroxyl groups excluding tert-OH is 7. The van der Waals surface area contributed by atoms with Gasteiger partial charge in [-0.3, -0.25) is 13.8 Å². The van der Waals surface area contributed by atoms with Crippen molar-refractivity contribution in [2.75, 3.05) is 6.61 Å². The minimum absolute atomic E-state index is 0.247. The summed E-state index contributed by atoms with van der Waals surface area (Å²) in [4.78, 5) is 23.1. The van der Waals surface area contributed by atoms with Crippen LogP contribution in [0.15, 0.2) is 36.5 Å². The van der Waals surface area contributed by atoms with E-state index in [4.69, 9.17) is 9.05 Å². The summed E-state index contributed by atoms with van der Waals surface area (Å²) in [7, 11) is -5.12. The SMILES string of the molecule is CCC/C=C/C(O)C(COP(=O)(O)OC1C(O)C(O)C(O)C(O)C1O)NC(=O)CC(O)CCCCCCCCCCCCCCCCC/C=C\C/C=C\CCCCCCCCCCCCCCC. The third-order valence-corrected chi connectivity index (χ3v) is 14.2. The van der Waals surface area contributed by atoms with Gasteiger partial charge in [-0.05, 0) is 44.9 Å². The Morgan fingerprint density at radius 1 is 0.529 bits per heavy atom. The molecule has 0 aliphatic heterocycles. The average Bonchev–Trinajstić information content (AvgIpc) is 3.31. The second-order valence-electron chi connectivity index (χ2n) is 19.6. The van der Waals surface area contributed by atoms with Gasteiger partial charge in [-0.1, -0.05) is 224 Å². The highest BCUT2D eigenvalue weighted by atomic mass is 31.2. The fourth-order valence-corrected chi connectivity index (χ4v) is 9.72. The average molecular weight is 988 g/mol. The zero-order valence-electron chi connectivity index (χ0n) is 42.8. The highest BCUT2D eigenvalue weighted by Gasteiger charge is 2.51. The van der Waals surface area contributed by atoms with E-state index in [0.29, 0.717) is 12.8 Å². The number of nitrogens with one attached hydrogen (secondary N) is 1. The fourth-order valence-electron chi connectivity index (χ4n) is 8.75. The quantitative estimate of drug-likeness (QED) is 0.0158. The number of phosphoric ester groups is 1. The van der Waals surface area contributed by atoms with Crippen LogP contribution in [0, 0.1) is 0 Å². The molecular weight excluding hydrogens is 886 g/mol. The number of aliphatic hydroxyl groups is 7. The van der Waals surface area contributed by atoms with E-state index in [2.05, 4.69) is 36.5 Å². The van der Waals surface area contributed by atoms with E-state index in [1.165, 1.54) is 173 Å². The molecule has 400 valence electrons. The number of phosphoric acid groups is 1. The molecule has 0 bridgehead atoms. The van der Waals surface area contributed by atoms with Crippen molar-refractivity contribution in [3.05, 3.63) is 36.5 Å². The van der Waals surface area contributed by atoms with Gasteiger partial charge in [0.15, 0.2) is 0 Å². The van der Waals surface area contributed by atoms with E-state index in [0.717, 1.165) is 38.5 Å². The molecule has 0 spiro atoms. The van der Waals surface area contributed by atoms with E-state index < -0.39 is 75.2 Å². The minimum Gasteiger partial charge on any atom is -0.393 e. The Hall–Kier alpha value is -1.48. The summed E-state index contributed by atoms with van der Waals surface area (Å²) in [6.07, 6.45) is 40.0. The second-order valence-corrected chi connectivity index (χ2v) is 21.0. The number of unbranched alkanes of at least 4 members (excludes halogenated alkanes) is 29. The Labute approximate surface area is 413 Å². The highest BCUT2D eigenvalue weighted by Crippen LogP contribution is 2.47. The van der Waals surface area contributed by atoms with Crippen molar-refractivity contribution >= 4 is 13.7 Å². The monoisotopic (exact) mass is 988 g/mol. The molecule has 9 N–H and O–H groups in total. The molecule has 68 heavy (non-hydrogen) atoms. The summed E-state index contributed by atoms with van der Waals surface area (Å²) >= 11 is 0. The van der Waals surface area contributed by atoms with Crippen molar-refractivity contribution in [3.8, 4) is 0 Å². The molecule has 0 aromatic rings. The van der Waals surface area contributed by atoms with Crippen LogP contribution in [0.4, 0.5) is 0 Å². The number of hydrogen-bond donors (Lipinski definition) is 9. The molecule has 1 aliphatic rings. The predicted molar refractivity (Wildman–Crippen MR) is 275 cm³/mol. The maximum absolute atomic E-state index is 12.8. The van der Waals surface area contributed by atoms with Crippen LogP contribution < -0.4 is 5.32 Å². The lowest BCUT2D eigenvalue weighted by molar-refractivity contribution is -0.220. The van der Waals surface area contributed by atoms with Crippen LogP contribution in [0.25, 0.3) is 0 Å². The second kappa shape index (κ2) is 43.1. The fraction of sp³-hybridized carbons (Fsp3) is 0.870. The van der Waals surface area contributed by atoms with Crippen LogP contribution >= 0.6 is 7.82 Å². The summed E-state index contributed by atoms with van der Waals surface area (Å²) in [6.45, 7) is 3.48. The van der Waals surface area contributed by atoms with Crippen LogP contribution in [0.2, 0.25) is 0 Å². The standard InChI is InChI=1S/C54H102NO12P/c1-3-5-7-8-9-10-11-12-13-14-15-16-17-18-19-20-21-22-23-24-25-26-27-28-29-30-31-32-33-34-35-36-37-38-40-41-45(56)43-48(58)55-46(47(57)42-39-6-4-2)44-66-68(64,65)67-54-52(62)50(60)49(59)51(61)53(54)63/h19-20,22-23,39,42,45-47,49-54,56-57,59-63H,3-18,21,24-38,40-41,43-44H2,1-2H3,(H,55,58)(H,64,65)/b20-19-,23-22-,42-39+. The number of carbonyl (C=O) groups excluding carboxylic acids is 1. The molecule has 14 heteroatoms. The molecule has 0 heterocycles. The van der Waals surface area contributed by atoms with E-state index in [9.17, 15) is 50.0 Å². The molecule has 1 amide bonds. The van der Waals surface area contributed by atoms with Crippen LogP contribution in [0.1, 0.15) is 239 Å². The minimum atomic E-state index is -5.12. The van der Waals surface area contributed by atoms with Gasteiger partial charge in [-0.15, -0.1) is 0 Å². The van der Waals surface area contributed by atoms with Crippen molar-refractivity contribution in [1.29, 1.82) is 0 Å². The molecule has 13 nitrogen and oxygen atoms in total. The zero-order chi connectivity index (χ0) is 50.1. The van der Waals surface area contributed by atoms with Gasteiger partial charge >= 0.3 is 7.82 Å². The van der Waals surface area contributed by atoms with E-state index in [-0.39, 0.29) is 6.42 Å². The summed E-state index contributed by atoms with van der Waals surface area (Å²) in [5.41, 5.74) is 0. The summed E-state index contributed by atoms with van der Waals surface area (Å²) in [5.74, 6) is -0.603. The summed E-state index contributed by atoms with van der Waals surface area (Å²) in [5, 5.41) is 73.7. The molecule has 1 saturated carbocycles. The normalized spacial score (nSPS) is 22.3. The first-order valence-corrected chi connectivity index (χ1v) is 29.0. The van der Waals surface area contributed by atoms with Crippen molar-refractivity contribution in [1.82, 2.24) is 5.32 Å². The van der Waals surface area contributed by atoms with Crippen molar-refractivity contribution in [3.63, 3.8) is 0 Å². The molecular formula is C54H102NO12P. The largest absolute Gasteiger partial charge is 0.472 e. The van der Waals surface area contributed by atoms with Gasteiger partial charge < -0.3 is 46.0 Å². The first-order valence-electron chi connectivity index (χ1n) is 27.5. The Bertz CT molecular complexity index is 1300. The van der Waals surface area contributed by atoms with Crippen LogP contribution in [-0.4, -0.2) is 108 Å². The Balaban J connectivity index is 2.04. The van der Waals surface area contributed by atoms with Crippen molar-refractivity contribution in [2.45, 2.75) is 293 Å². The van der Waals surface area contributed by atoms with Gasteiger partial charge in [0.2, 0.25) is 5.91 Å². The topological polar surface area (TPSA) is 226 Å². The maximum Gasteiger partial charge on any atom is 0.472 e. The molecule has 1 aliphatic carbocycles. The summed E-state index contributed by atoms with van der Waals surface area (Å²) in [6, 6.07) is -1.24. The van der Waals surface area contributed by atoms with Gasteiger partial charge in [-0.2, -0.15) is 0 Å². The lowest BCUT2D eigenvalue weighted by Crippen LogP contribution is -2.64. The van der Waals surface area contributed by atoms with Gasteiger partial charge in [0.05, 0.1) is 31.3 Å². The molecule has 0 radical (unpaired) electrons. The summed E-state index contributed by atoms with van der Waals surface area (Å²) < 4.78 is 22.6. The molecule has 0 saturated heterocycles. The van der Waals surface area contributed by atoms with Gasteiger partial charge in [0, 0.05) is 0 Å². The Morgan fingerprint density at radius 3 is 1.35 bits per heavy atom. The predicted octanol–water partition coefficient (Wildman–Crippen LogP) is 10.9. The van der Waals surface area contributed by atoms with Gasteiger partial charge in [0.25, 0.3) is 0 Å². The van der Waals surface area contributed by atoms with E-state index >= 15 is 0 Å². The molecule has 1 rings (SSSR count). The highest BCUT2D eigenvalue weighted by molar-refractivity contribution is 7.47. The molecule has 1 fully saturated rings.